The lowest BCUT2D eigenvalue weighted by atomic mass is 9.95. The number of hydrogen-bond acceptors (Lipinski definition) is 2. The highest BCUT2D eigenvalue weighted by atomic mass is 14.8. The summed E-state index contributed by atoms with van der Waals surface area (Å²) in [7, 11) is 0. The van der Waals surface area contributed by atoms with Gasteiger partial charge >= 0.3 is 0 Å². The lowest BCUT2D eigenvalue weighted by Gasteiger charge is -2.12. The zero-order valence-corrected chi connectivity index (χ0v) is 8.60. The fourth-order valence-corrected chi connectivity index (χ4v) is 2.80. The van der Waals surface area contributed by atoms with Crippen molar-refractivity contribution in [3.05, 3.63) is 11.3 Å². The minimum absolute atomic E-state index is 0.351. The molecule has 0 saturated heterocycles. The molecule has 0 bridgehead atoms. The van der Waals surface area contributed by atoms with E-state index < -0.39 is 0 Å². The first kappa shape index (κ1) is 8.51. The minimum atomic E-state index is 0.351. The molecule has 0 aliphatic heterocycles. The van der Waals surface area contributed by atoms with Crippen molar-refractivity contribution in [2.75, 3.05) is 0 Å². The van der Waals surface area contributed by atoms with Crippen LogP contribution in [0.15, 0.2) is 11.3 Å². The highest BCUT2D eigenvalue weighted by Crippen LogP contribution is 2.76. The normalized spacial score (nSPS) is 40.1. The third kappa shape index (κ3) is 1.06. The highest BCUT2D eigenvalue weighted by Gasteiger charge is 2.72. The number of nitrogens with one attached hydrogen (secondary N) is 1. The zero-order chi connectivity index (χ0) is 9.76. The van der Waals surface area contributed by atoms with Crippen LogP contribution >= 0.6 is 0 Å². The van der Waals surface area contributed by atoms with Crippen molar-refractivity contribution in [2.45, 2.75) is 44.9 Å². The van der Waals surface area contributed by atoms with Gasteiger partial charge in [-0.3, -0.25) is 0 Å². The molecular formula is C12H18N2. The van der Waals surface area contributed by atoms with Gasteiger partial charge in [0.1, 0.15) is 0 Å². The van der Waals surface area contributed by atoms with Crippen LogP contribution in [0.25, 0.3) is 0 Å². The van der Waals surface area contributed by atoms with Gasteiger partial charge in [-0.15, -0.1) is 0 Å². The van der Waals surface area contributed by atoms with Crippen molar-refractivity contribution >= 4 is 5.71 Å². The molecule has 2 nitrogen and oxygen atoms in total. The average molecular weight is 190 g/mol. The van der Waals surface area contributed by atoms with E-state index in [4.69, 9.17) is 11.1 Å². The van der Waals surface area contributed by atoms with E-state index in [-0.39, 0.29) is 0 Å². The standard InChI is InChI=1S/C12H18N2/c13-10-5-3-1-2-4-9(10)11(14)12-6-8(12)7-12/h8,14H,1-7,13H2. The molecule has 0 unspecified atom stereocenters. The number of rotatable bonds is 2. The van der Waals surface area contributed by atoms with Gasteiger partial charge in [-0.1, -0.05) is 6.42 Å². The van der Waals surface area contributed by atoms with E-state index in [2.05, 4.69) is 0 Å². The summed E-state index contributed by atoms with van der Waals surface area (Å²) >= 11 is 0. The molecule has 0 heterocycles. The predicted octanol–water partition coefficient (Wildman–Crippen LogP) is 2.59. The second-order valence-corrected chi connectivity index (χ2v) is 5.20. The molecule has 3 N–H and O–H groups in total. The molecule has 2 fully saturated rings. The monoisotopic (exact) mass is 190 g/mol. The first-order chi connectivity index (χ1) is 6.74. The number of hydrogen-bond donors (Lipinski definition) is 2. The summed E-state index contributed by atoms with van der Waals surface area (Å²) < 4.78 is 0. The van der Waals surface area contributed by atoms with Gasteiger partial charge in [-0.25, -0.2) is 0 Å². The summed E-state index contributed by atoms with van der Waals surface area (Å²) in [6, 6.07) is 0. The Morgan fingerprint density at radius 3 is 2.50 bits per heavy atom. The van der Waals surface area contributed by atoms with Crippen LogP contribution < -0.4 is 5.73 Å². The molecule has 76 valence electrons. The Morgan fingerprint density at radius 1 is 1.21 bits per heavy atom. The van der Waals surface area contributed by atoms with Crippen molar-refractivity contribution in [3.63, 3.8) is 0 Å². The fraction of sp³-hybridized carbons (Fsp3) is 0.750. The van der Waals surface area contributed by atoms with E-state index >= 15 is 0 Å². The van der Waals surface area contributed by atoms with Gasteiger partial charge in [-0.2, -0.15) is 0 Å². The highest BCUT2D eigenvalue weighted by molar-refractivity contribution is 6.07. The Balaban J connectivity index is 1.83. The summed E-state index contributed by atoms with van der Waals surface area (Å²) in [6.45, 7) is 0. The van der Waals surface area contributed by atoms with Crippen molar-refractivity contribution < 1.29 is 0 Å². The van der Waals surface area contributed by atoms with Gasteiger partial charge in [0.2, 0.25) is 0 Å². The molecular weight excluding hydrogens is 172 g/mol. The SMILES string of the molecule is N=C(C1=C(N)CCCCC1)C12CC1C2. The smallest absolute Gasteiger partial charge is 0.0427 e. The summed E-state index contributed by atoms with van der Waals surface area (Å²) in [5.41, 5.74) is 9.58. The average Bonchev–Trinajstić information content (AvgIpc) is 2.92. The van der Waals surface area contributed by atoms with Crippen molar-refractivity contribution in [1.29, 1.82) is 5.41 Å². The van der Waals surface area contributed by atoms with Crippen molar-refractivity contribution in [2.24, 2.45) is 17.1 Å². The molecule has 0 spiro atoms. The van der Waals surface area contributed by atoms with Gasteiger partial charge in [0.25, 0.3) is 0 Å². The van der Waals surface area contributed by atoms with Crippen LogP contribution in [-0.2, 0) is 0 Å². The molecule has 0 aromatic carbocycles. The van der Waals surface area contributed by atoms with Crippen molar-refractivity contribution in [1.82, 2.24) is 0 Å². The van der Waals surface area contributed by atoms with E-state index in [1.54, 1.807) is 0 Å². The quantitative estimate of drug-likeness (QED) is 0.646. The molecule has 14 heavy (non-hydrogen) atoms. The maximum absolute atomic E-state index is 8.23. The molecule has 3 aliphatic rings. The topological polar surface area (TPSA) is 49.9 Å². The molecule has 0 radical (unpaired) electrons. The van der Waals surface area contributed by atoms with Crippen LogP contribution in [0.3, 0.4) is 0 Å². The van der Waals surface area contributed by atoms with Gasteiger partial charge < -0.3 is 11.1 Å². The lowest BCUT2D eigenvalue weighted by Crippen LogP contribution is -2.14. The van der Waals surface area contributed by atoms with Crippen LogP contribution in [0.2, 0.25) is 0 Å². The van der Waals surface area contributed by atoms with Crippen molar-refractivity contribution in [3.8, 4) is 0 Å². The van der Waals surface area contributed by atoms with E-state index in [0.717, 1.165) is 30.2 Å². The fourth-order valence-electron chi connectivity index (χ4n) is 2.80. The van der Waals surface area contributed by atoms with E-state index in [1.807, 2.05) is 0 Å². The van der Waals surface area contributed by atoms with E-state index in [1.165, 1.54) is 37.7 Å². The van der Waals surface area contributed by atoms with Crippen LogP contribution in [-0.4, -0.2) is 5.71 Å². The van der Waals surface area contributed by atoms with Gasteiger partial charge in [0.05, 0.1) is 0 Å². The molecule has 0 amide bonds. The van der Waals surface area contributed by atoms with Crippen LogP contribution in [0.4, 0.5) is 0 Å². The Bertz CT molecular complexity index is 321. The third-order valence-electron chi connectivity index (χ3n) is 4.24. The maximum Gasteiger partial charge on any atom is 0.0427 e. The van der Waals surface area contributed by atoms with E-state index in [0.29, 0.717) is 5.41 Å². The van der Waals surface area contributed by atoms with Gasteiger partial charge in [-0.05, 0) is 50.0 Å². The molecule has 0 aromatic heterocycles. The van der Waals surface area contributed by atoms with Crippen LogP contribution in [0, 0.1) is 16.7 Å². The number of fused-ring (bicyclic) bond motifs is 1. The maximum atomic E-state index is 8.23. The first-order valence-electron chi connectivity index (χ1n) is 5.81. The molecule has 0 atom stereocenters. The molecule has 2 saturated carbocycles. The predicted molar refractivity (Wildman–Crippen MR) is 57.2 cm³/mol. The Kier molecular flexibility index (Phi) is 1.59. The number of nitrogens with two attached hydrogens (primary N) is 1. The summed E-state index contributed by atoms with van der Waals surface area (Å²) in [6.07, 6.45) is 8.40. The second kappa shape index (κ2) is 2.62. The molecule has 0 aromatic rings. The van der Waals surface area contributed by atoms with Crippen LogP contribution in [0.1, 0.15) is 44.9 Å². The summed E-state index contributed by atoms with van der Waals surface area (Å²) in [5, 5.41) is 8.23. The molecule has 3 rings (SSSR count). The van der Waals surface area contributed by atoms with Gasteiger partial charge in [0, 0.05) is 16.8 Å². The molecule has 2 heteroatoms. The Hall–Kier alpha value is -0.790. The van der Waals surface area contributed by atoms with E-state index in [9.17, 15) is 0 Å². The summed E-state index contributed by atoms with van der Waals surface area (Å²) in [5.74, 6) is 0.874. The largest absolute Gasteiger partial charge is 0.402 e. The zero-order valence-electron chi connectivity index (χ0n) is 8.60. The third-order valence-corrected chi connectivity index (χ3v) is 4.24. The summed E-state index contributed by atoms with van der Waals surface area (Å²) in [4.78, 5) is 0. The van der Waals surface area contributed by atoms with Crippen LogP contribution in [0.5, 0.6) is 0 Å². The lowest BCUT2D eigenvalue weighted by molar-refractivity contribution is 0.706. The molecule has 3 aliphatic carbocycles. The first-order valence-corrected chi connectivity index (χ1v) is 5.81. The minimum Gasteiger partial charge on any atom is -0.402 e. The Morgan fingerprint density at radius 2 is 1.86 bits per heavy atom. The Labute approximate surface area is 85.1 Å². The number of allylic oxidation sites excluding steroid dienone is 2. The van der Waals surface area contributed by atoms with Gasteiger partial charge in [0.15, 0.2) is 0 Å². The second-order valence-electron chi connectivity index (χ2n) is 5.20.